The number of benzene rings is 1. The smallest absolute Gasteiger partial charge is 0.313 e. The van der Waals surface area contributed by atoms with E-state index in [9.17, 15) is 13.7 Å². The van der Waals surface area contributed by atoms with Gasteiger partial charge in [0.25, 0.3) is 0 Å². The van der Waals surface area contributed by atoms with Crippen molar-refractivity contribution in [1.29, 1.82) is 0 Å². The van der Waals surface area contributed by atoms with Crippen molar-refractivity contribution in [3.05, 3.63) is 35.6 Å². The molecule has 182 valence electrons. The van der Waals surface area contributed by atoms with Crippen LogP contribution in [0.1, 0.15) is 72.8 Å². The van der Waals surface area contributed by atoms with Gasteiger partial charge in [0.2, 0.25) is 0 Å². The van der Waals surface area contributed by atoms with Gasteiger partial charge in [-0.25, -0.2) is 4.39 Å². The molecule has 1 saturated heterocycles. The van der Waals surface area contributed by atoms with E-state index in [4.69, 9.17) is 14.2 Å². The van der Waals surface area contributed by atoms with Crippen LogP contribution in [-0.2, 0) is 36.2 Å². The van der Waals surface area contributed by atoms with Gasteiger partial charge in [0.1, 0.15) is 10.6 Å². The molecule has 0 radical (unpaired) electrons. The number of hydrogen-bond acceptors (Lipinski definition) is 6. The molecule has 0 amide bonds. The Kier molecular flexibility index (Phi) is 9.55. The van der Waals surface area contributed by atoms with Crippen LogP contribution in [0, 0.1) is 11.2 Å². The van der Waals surface area contributed by atoms with E-state index < -0.39 is 33.4 Å². The third kappa shape index (κ3) is 6.03. The maximum atomic E-state index is 14.0. The van der Waals surface area contributed by atoms with Crippen molar-refractivity contribution in [3.8, 4) is 0 Å². The van der Waals surface area contributed by atoms with Crippen molar-refractivity contribution < 1.29 is 27.9 Å². The summed E-state index contributed by atoms with van der Waals surface area (Å²) in [6.07, 6.45) is 1.85. The summed E-state index contributed by atoms with van der Waals surface area (Å²) < 4.78 is 47.1. The highest BCUT2D eigenvalue weighted by atomic mass is 32.2. The van der Waals surface area contributed by atoms with Crippen LogP contribution in [0.15, 0.2) is 24.3 Å². The largest absolute Gasteiger partial charge is 0.598 e. The van der Waals surface area contributed by atoms with Gasteiger partial charge in [0, 0.05) is 23.3 Å². The molecular weight excluding hydrogens is 433 g/mol. The van der Waals surface area contributed by atoms with E-state index in [2.05, 4.69) is 4.72 Å². The second-order valence-electron chi connectivity index (χ2n) is 9.13. The zero-order valence-electron chi connectivity index (χ0n) is 20.2. The Hall–Kier alpha value is -1.19. The molecule has 32 heavy (non-hydrogen) atoms. The van der Waals surface area contributed by atoms with Crippen LogP contribution in [0.2, 0.25) is 0 Å². The minimum atomic E-state index is -1.40. The zero-order valence-corrected chi connectivity index (χ0v) is 21.0. The van der Waals surface area contributed by atoms with Crippen molar-refractivity contribution in [2.75, 3.05) is 19.8 Å². The number of rotatable bonds is 11. The fourth-order valence-electron chi connectivity index (χ4n) is 4.17. The third-order valence-corrected chi connectivity index (χ3v) is 7.81. The van der Waals surface area contributed by atoms with Crippen LogP contribution >= 0.6 is 0 Å². The Balaban J connectivity index is 2.39. The standard InChI is InChI=1S/C24H38FNO5S/c1-7-23(8-2,21(27)29-9-3)20(26-32(28)22(4,5)6)13-14-24(30-15-16-31-24)18-11-10-12-19(25)17-18/h10-12,17,20,26H,7-9,13-16H2,1-6H3/t20-,32-/m1/s1. The van der Waals surface area contributed by atoms with Crippen LogP contribution in [0.3, 0.4) is 0 Å². The highest BCUT2D eigenvalue weighted by molar-refractivity contribution is 7.90. The average Bonchev–Trinajstić information content (AvgIpc) is 3.22. The van der Waals surface area contributed by atoms with E-state index in [0.29, 0.717) is 44.5 Å². The van der Waals surface area contributed by atoms with Gasteiger partial charge < -0.3 is 18.8 Å². The fourth-order valence-corrected chi connectivity index (χ4v) is 5.13. The van der Waals surface area contributed by atoms with Gasteiger partial charge in [-0.05, 0) is 59.1 Å². The Bertz CT molecular complexity index is 744. The molecule has 0 saturated carbocycles. The lowest BCUT2D eigenvalue weighted by Crippen LogP contribution is -2.55. The summed E-state index contributed by atoms with van der Waals surface area (Å²) in [4.78, 5) is 13.1. The van der Waals surface area contributed by atoms with Gasteiger partial charge in [0.15, 0.2) is 5.79 Å². The van der Waals surface area contributed by atoms with Gasteiger partial charge in [-0.3, -0.25) is 4.79 Å². The highest BCUT2D eigenvalue weighted by Gasteiger charge is 2.49. The molecule has 1 aliphatic rings. The summed E-state index contributed by atoms with van der Waals surface area (Å²) in [5.41, 5.74) is -0.265. The van der Waals surface area contributed by atoms with E-state index in [0.717, 1.165) is 0 Å². The van der Waals surface area contributed by atoms with E-state index in [1.54, 1.807) is 19.1 Å². The van der Waals surface area contributed by atoms with Crippen LogP contribution in [0.4, 0.5) is 4.39 Å². The molecule has 1 aromatic carbocycles. The average molecular weight is 472 g/mol. The molecule has 1 aliphatic heterocycles. The van der Waals surface area contributed by atoms with Crippen LogP contribution in [-0.4, -0.2) is 41.1 Å². The van der Waals surface area contributed by atoms with Crippen molar-refractivity contribution in [2.45, 2.75) is 83.8 Å². The van der Waals surface area contributed by atoms with Crippen LogP contribution < -0.4 is 4.72 Å². The normalized spacial score (nSPS) is 18.4. The van der Waals surface area contributed by atoms with Gasteiger partial charge in [-0.1, -0.05) is 26.0 Å². The highest BCUT2D eigenvalue weighted by Crippen LogP contribution is 2.41. The SMILES string of the molecule is CCOC(=O)C(CC)(CC)[C@@H](CCC1(c2cccc(F)c2)OCCO1)N[S@+]([O-])C(C)(C)C. The molecule has 1 fully saturated rings. The molecular formula is C24H38FNO5S. The fraction of sp³-hybridized carbons (Fsp3) is 0.708. The Morgan fingerprint density at radius 1 is 1.25 bits per heavy atom. The first-order valence-electron chi connectivity index (χ1n) is 11.4. The topological polar surface area (TPSA) is 79.9 Å². The van der Waals surface area contributed by atoms with Gasteiger partial charge in [-0.15, -0.1) is 4.72 Å². The Labute approximate surface area is 194 Å². The maximum Gasteiger partial charge on any atom is 0.313 e. The summed E-state index contributed by atoms with van der Waals surface area (Å²) in [5.74, 6) is -1.78. The second kappa shape index (κ2) is 11.3. The monoisotopic (exact) mass is 471 g/mol. The number of halogens is 1. The maximum absolute atomic E-state index is 14.0. The van der Waals surface area contributed by atoms with E-state index in [-0.39, 0.29) is 18.4 Å². The van der Waals surface area contributed by atoms with Gasteiger partial charge >= 0.3 is 5.97 Å². The van der Waals surface area contributed by atoms with E-state index in [1.807, 2.05) is 34.6 Å². The van der Waals surface area contributed by atoms with Crippen molar-refractivity contribution in [1.82, 2.24) is 4.72 Å². The molecule has 1 aromatic rings. The molecule has 8 heteroatoms. The molecule has 1 heterocycles. The summed E-state index contributed by atoms with van der Waals surface area (Å²) in [6, 6.07) is 5.75. The lowest BCUT2D eigenvalue weighted by Gasteiger charge is -2.40. The predicted octanol–water partition coefficient (Wildman–Crippen LogP) is 4.60. The first-order valence-corrected chi connectivity index (χ1v) is 12.6. The zero-order chi connectivity index (χ0) is 24.0. The number of esters is 1. The van der Waals surface area contributed by atoms with Crippen molar-refractivity contribution in [2.24, 2.45) is 5.41 Å². The number of carbonyl (C=O) groups excluding carboxylic acids is 1. The number of nitrogens with one attached hydrogen (secondary N) is 1. The predicted molar refractivity (Wildman–Crippen MR) is 124 cm³/mol. The molecule has 0 aliphatic carbocycles. The molecule has 6 nitrogen and oxygen atoms in total. The Morgan fingerprint density at radius 3 is 2.38 bits per heavy atom. The number of carbonyl (C=O) groups is 1. The lowest BCUT2D eigenvalue weighted by molar-refractivity contribution is -0.176. The van der Waals surface area contributed by atoms with Crippen LogP contribution in [0.25, 0.3) is 0 Å². The van der Waals surface area contributed by atoms with Crippen molar-refractivity contribution in [3.63, 3.8) is 0 Å². The number of ether oxygens (including phenoxy) is 3. The van der Waals surface area contributed by atoms with Crippen LogP contribution in [0.5, 0.6) is 0 Å². The van der Waals surface area contributed by atoms with Gasteiger partial charge in [0.05, 0.1) is 31.3 Å². The lowest BCUT2D eigenvalue weighted by atomic mass is 9.73. The molecule has 2 rings (SSSR count). The molecule has 0 bridgehead atoms. The minimum Gasteiger partial charge on any atom is -0.598 e. The first kappa shape index (κ1) is 27.1. The Morgan fingerprint density at radius 2 is 1.88 bits per heavy atom. The minimum absolute atomic E-state index is 0.273. The molecule has 2 atom stereocenters. The summed E-state index contributed by atoms with van der Waals surface area (Å²) in [6.45, 7) is 12.4. The summed E-state index contributed by atoms with van der Waals surface area (Å²) in [5, 5.41) is 0. The summed E-state index contributed by atoms with van der Waals surface area (Å²) >= 11 is -1.40. The molecule has 0 aromatic heterocycles. The molecule has 1 N–H and O–H groups in total. The second-order valence-corrected chi connectivity index (χ2v) is 11.1. The first-order chi connectivity index (χ1) is 15.0. The van der Waals surface area contributed by atoms with E-state index >= 15 is 0 Å². The number of hydrogen-bond donors (Lipinski definition) is 1. The third-order valence-electron chi connectivity index (χ3n) is 6.20. The quantitative estimate of drug-likeness (QED) is 0.375. The van der Waals surface area contributed by atoms with Gasteiger partial charge in [-0.2, -0.15) is 0 Å². The molecule has 0 unspecified atom stereocenters. The molecule has 0 spiro atoms. The van der Waals surface area contributed by atoms with Crippen molar-refractivity contribution >= 4 is 17.3 Å². The van der Waals surface area contributed by atoms with E-state index in [1.165, 1.54) is 12.1 Å². The summed E-state index contributed by atoms with van der Waals surface area (Å²) in [7, 11) is 0.